The van der Waals surface area contributed by atoms with Gasteiger partial charge in [0.25, 0.3) is 0 Å². The molecule has 0 unspecified atom stereocenters. The molecule has 0 radical (unpaired) electrons. The zero-order valence-corrected chi connectivity index (χ0v) is 11.2. The molecule has 5 nitrogen and oxygen atoms in total. The Labute approximate surface area is 113 Å². The number of amides is 2. The summed E-state index contributed by atoms with van der Waals surface area (Å²) in [6.45, 7) is 0.489. The molecule has 19 heavy (non-hydrogen) atoms. The van der Waals surface area contributed by atoms with Crippen molar-refractivity contribution in [2.75, 3.05) is 19.0 Å². The quantitative estimate of drug-likeness (QED) is 0.778. The van der Waals surface area contributed by atoms with Gasteiger partial charge in [-0.1, -0.05) is 12.8 Å². The first-order valence-electron chi connectivity index (χ1n) is 6.61. The van der Waals surface area contributed by atoms with E-state index in [9.17, 15) is 4.79 Å². The number of hydrogen-bond donors (Lipinski definition) is 3. The van der Waals surface area contributed by atoms with E-state index in [4.69, 9.17) is 10.5 Å². The van der Waals surface area contributed by atoms with Gasteiger partial charge in [-0.05, 0) is 37.1 Å². The summed E-state index contributed by atoms with van der Waals surface area (Å²) >= 11 is 0. The number of benzene rings is 1. The van der Waals surface area contributed by atoms with Crippen LogP contribution in [0.4, 0.5) is 10.5 Å². The number of rotatable bonds is 4. The number of hydrogen-bond acceptors (Lipinski definition) is 3. The summed E-state index contributed by atoms with van der Waals surface area (Å²) < 4.78 is 5.07. The molecule has 0 bridgehead atoms. The van der Waals surface area contributed by atoms with Crippen molar-refractivity contribution in [1.82, 2.24) is 5.32 Å². The molecule has 1 aromatic rings. The largest absolute Gasteiger partial charge is 0.497 e. The Bertz CT molecular complexity index is 425. The lowest BCUT2D eigenvalue weighted by Crippen LogP contribution is -2.53. The lowest BCUT2D eigenvalue weighted by molar-refractivity contribution is 0.237. The van der Waals surface area contributed by atoms with E-state index in [0.29, 0.717) is 6.54 Å². The fraction of sp³-hybridized carbons (Fsp3) is 0.500. The third-order valence-corrected chi connectivity index (χ3v) is 3.68. The molecule has 0 saturated heterocycles. The summed E-state index contributed by atoms with van der Waals surface area (Å²) in [6.07, 6.45) is 4.17. The number of methoxy groups -OCH3 is 1. The van der Waals surface area contributed by atoms with E-state index in [1.54, 1.807) is 7.11 Å². The van der Waals surface area contributed by atoms with Crippen LogP contribution in [0, 0.1) is 0 Å². The standard InChI is InChI=1S/C14H21N3O2/c1-19-12-6-4-11(5-7-12)16-13(18)17-14(10-15)8-2-3-9-14/h4-7H,2-3,8-10,15H2,1H3,(H2,16,17,18). The van der Waals surface area contributed by atoms with E-state index < -0.39 is 0 Å². The molecule has 1 fully saturated rings. The summed E-state index contributed by atoms with van der Waals surface area (Å²) in [4.78, 5) is 12.0. The van der Waals surface area contributed by atoms with Crippen LogP contribution in [-0.4, -0.2) is 25.2 Å². The molecule has 2 rings (SSSR count). The summed E-state index contributed by atoms with van der Waals surface area (Å²) in [5.74, 6) is 0.764. The Morgan fingerprint density at radius 1 is 1.32 bits per heavy atom. The molecule has 0 atom stereocenters. The summed E-state index contributed by atoms with van der Waals surface area (Å²) in [5, 5.41) is 5.83. The first-order valence-corrected chi connectivity index (χ1v) is 6.61. The van der Waals surface area contributed by atoms with Gasteiger partial charge < -0.3 is 21.1 Å². The first kappa shape index (κ1) is 13.7. The van der Waals surface area contributed by atoms with Crippen molar-refractivity contribution in [3.05, 3.63) is 24.3 Å². The maximum atomic E-state index is 12.0. The zero-order chi connectivity index (χ0) is 13.7. The molecule has 1 saturated carbocycles. The highest BCUT2D eigenvalue weighted by Gasteiger charge is 2.33. The molecule has 0 spiro atoms. The van der Waals surface area contributed by atoms with Crippen LogP contribution in [0.5, 0.6) is 5.75 Å². The maximum absolute atomic E-state index is 12.0. The van der Waals surface area contributed by atoms with Crippen molar-refractivity contribution < 1.29 is 9.53 Å². The van der Waals surface area contributed by atoms with Gasteiger partial charge in [0, 0.05) is 12.2 Å². The van der Waals surface area contributed by atoms with E-state index in [1.165, 1.54) is 0 Å². The molecular weight excluding hydrogens is 242 g/mol. The summed E-state index contributed by atoms with van der Waals surface area (Å²) in [5.41, 5.74) is 6.30. The Morgan fingerprint density at radius 2 is 1.95 bits per heavy atom. The Hall–Kier alpha value is -1.75. The normalized spacial score (nSPS) is 16.9. The SMILES string of the molecule is COc1ccc(NC(=O)NC2(CN)CCCC2)cc1. The summed E-state index contributed by atoms with van der Waals surface area (Å²) in [7, 11) is 1.61. The molecule has 5 heteroatoms. The highest BCUT2D eigenvalue weighted by Crippen LogP contribution is 2.28. The number of nitrogens with one attached hydrogen (secondary N) is 2. The lowest BCUT2D eigenvalue weighted by Gasteiger charge is -2.28. The second kappa shape index (κ2) is 5.93. The predicted molar refractivity (Wildman–Crippen MR) is 75.4 cm³/mol. The van der Waals surface area contributed by atoms with Gasteiger partial charge in [-0.3, -0.25) is 0 Å². The molecule has 4 N–H and O–H groups in total. The van der Waals surface area contributed by atoms with Crippen LogP contribution < -0.4 is 21.1 Å². The minimum atomic E-state index is -0.226. The number of nitrogens with two attached hydrogens (primary N) is 1. The van der Waals surface area contributed by atoms with E-state index in [2.05, 4.69) is 10.6 Å². The van der Waals surface area contributed by atoms with Crippen molar-refractivity contribution in [1.29, 1.82) is 0 Å². The number of anilines is 1. The van der Waals surface area contributed by atoms with E-state index in [0.717, 1.165) is 37.1 Å². The van der Waals surface area contributed by atoms with Crippen molar-refractivity contribution in [3.63, 3.8) is 0 Å². The fourth-order valence-electron chi connectivity index (χ4n) is 2.51. The molecular formula is C14H21N3O2. The minimum Gasteiger partial charge on any atom is -0.497 e. The van der Waals surface area contributed by atoms with Crippen LogP contribution in [0.25, 0.3) is 0 Å². The highest BCUT2D eigenvalue weighted by atomic mass is 16.5. The zero-order valence-electron chi connectivity index (χ0n) is 11.2. The minimum absolute atomic E-state index is 0.197. The van der Waals surface area contributed by atoms with Crippen LogP contribution in [0.2, 0.25) is 0 Å². The van der Waals surface area contributed by atoms with E-state index >= 15 is 0 Å². The van der Waals surface area contributed by atoms with Crippen LogP contribution in [0.3, 0.4) is 0 Å². The average molecular weight is 263 g/mol. The van der Waals surface area contributed by atoms with Gasteiger partial charge >= 0.3 is 6.03 Å². The van der Waals surface area contributed by atoms with Gasteiger partial charge in [0.2, 0.25) is 0 Å². The predicted octanol–water partition coefficient (Wildman–Crippen LogP) is 2.09. The van der Waals surface area contributed by atoms with Crippen molar-refractivity contribution in [3.8, 4) is 5.75 Å². The number of carbonyl (C=O) groups excluding carboxylic acids is 1. The molecule has 0 aromatic heterocycles. The highest BCUT2D eigenvalue weighted by molar-refractivity contribution is 5.89. The molecule has 1 aliphatic rings. The van der Waals surface area contributed by atoms with Gasteiger partial charge in [0.15, 0.2) is 0 Å². The third-order valence-electron chi connectivity index (χ3n) is 3.68. The van der Waals surface area contributed by atoms with Crippen LogP contribution >= 0.6 is 0 Å². The topological polar surface area (TPSA) is 76.4 Å². The molecule has 1 aromatic carbocycles. The van der Waals surface area contributed by atoms with Gasteiger partial charge in [0.05, 0.1) is 12.6 Å². The average Bonchev–Trinajstić information content (AvgIpc) is 2.88. The van der Waals surface area contributed by atoms with Gasteiger partial charge in [-0.2, -0.15) is 0 Å². The van der Waals surface area contributed by atoms with E-state index in [1.807, 2.05) is 24.3 Å². The van der Waals surface area contributed by atoms with Crippen LogP contribution in [-0.2, 0) is 0 Å². The monoisotopic (exact) mass is 263 g/mol. The summed E-state index contributed by atoms with van der Waals surface area (Å²) in [6, 6.07) is 7.04. The number of ether oxygens (including phenoxy) is 1. The van der Waals surface area contributed by atoms with Crippen molar-refractivity contribution in [2.45, 2.75) is 31.2 Å². The Morgan fingerprint density at radius 3 is 2.47 bits per heavy atom. The molecule has 0 heterocycles. The molecule has 1 aliphatic carbocycles. The Balaban J connectivity index is 1.93. The van der Waals surface area contributed by atoms with Gasteiger partial charge in [-0.15, -0.1) is 0 Å². The lowest BCUT2D eigenvalue weighted by atomic mass is 9.98. The third kappa shape index (κ3) is 3.38. The van der Waals surface area contributed by atoms with Crippen LogP contribution in [0.15, 0.2) is 24.3 Å². The number of urea groups is 1. The van der Waals surface area contributed by atoms with Crippen molar-refractivity contribution >= 4 is 11.7 Å². The smallest absolute Gasteiger partial charge is 0.319 e. The fourth-order valence-corrected chi connectivity index (χ4v) is 2.51. The Kier molecular flexibility index (Phi) is 4.27. The second-order valence-electron chi connectivity index (χ2n) is 5.00. The second-order valence-corrected chi connectivity index (χ2v) is 5.00. The van der Waals surface area contributed by atoms with E-state index in [-0.39, 0.29) is 11.6 Å². The molecule has 104 valence electrons. The molecule has 2 amide bonds. The van der Waals surface area contributed by atoms with Gasteiger partial charge in [0.1, 0.15) is 5.75 Å². The number of carbonyl (C=O) groups is 1. The first-order chi connectivity index (χ1) is 9.17. The molecule has 0 aliphatic heterocycles. The van der Waals surface area contributed by atoms with Gasteiger partial charge in [-0.25, -0.2) is 4.79 Å². The maximum Gasteiger partial charge on any atom is 0.319 e. The van der Waals surface area contributed by atoms with Crippen molar-refractivity contribution in [2.24, 2.45) is 5.73 Å². The van der Waals surface area contributed by atoms with Crippen LogP contribution in [0.1, 0.15) is 25.7 Å².